The monoisotopic (exact) mass is 498 g/mol. The van der Waals surface area contributed by atoms with E-state index in [1.165, 1.54) is 35.9 Å². The molecule has 5 rings (SSSR count). The van der Waals surface area contributed by atoms with Crippen LogP contribution in [0.4, 0.5) is 4.39 Å². The Hall–Kier alpha value is -3.53. The van der Waals surface area contributed by atoms with Crippen molar-refractivity contribution in [3.8, 4) is 28.7 Å². The topological polar surface area (TPSA) is 126 Å². The number of hydrogen-bond donors (Lipinski definition) is 5. The van der Waals surface area contributed by atoms with Gasteiger partial charge in [-0.15, -0.1) is 0 Å². The lowest BCUT2D eigenvalue weighted by Crippen LogP contribution is -2.38. The summed E-state index contributed by atoms with van der Waals surface area (Å²) < 4.78 is 29.9. The Balaban J connectivity index is 0.000000214. The number of halogens is 1. The summed E-state index contributed by atoms with van der Waals surface area (Å²) in [5.41, 5.74) is 6.87. The number of phenolic OH excluding ortho intramolecular Hbond substituents is 2. The largest absolute Gasteiger partial charge is 0.504 e. The Morgan fingerprint density at radius 1 is 1.00 bits per heavy atom. The zero-order valence-electron chi connectivity index (χ0n) is 19.8. The van der Waals surface area contributed by atoms with Crippen molar-refractivity contribution >= 4 is 0 Å². The molecule has 3 aromatic carbocycles. The molecule has 0 radical (unpaired) electrons. The van der Waals surface area contributed by atoms with Gasteiger partial charge >= 0.3 is 0 Å². The number of aliphatic hydroxyl groups excluding tert-OH is 1. The minimum absolute atomic E-state index is 0.0875. The van der Waals surface area contributed by atoms with Crippen molar-refractivity contribution in [1.82, 2.24) is 5.32 Å². The molecule has 192 valence electrons. The summed E-state index contributed by atoms with van der Waals surface area (Å²) >= 11 is 0. The van der Waals surface area contributed by atoms with Crippen LogP contribution in [0.15, 0.2) is 60.7 Å². The van der Waals surface area contributed by atoms with Crippen LogP contribution >= 0.6 is 0 Å². The first-order valence-electron chi connectivity index (χ1n) is 11.8. The number of ether oxygens (including phenoxy) is 3. The predicted octanol–water partition coefficient (Wildman–Crippen LogP) is 3.42. The zero-order valence-corrected chi connectivity index (χ0v) is 19.8. The molecule has 0 bridgehead atoms. The van der Waals surface area contributed by atoms with E-state index in [-0.39, 0.29) is 30.7 Å². The molecular weight excluding hydrogens is 467 g/mol. The molecule has 36 heavy (non-hydrogen) atoms. The van der Waals surface area contributed by atoms with Gasteiger partial charge in [0, 0.05) is 25.1 Å². The van der Waals surface area contributed by atoms with Gasteiger partial charge in [-0.2, -0.15) is 0 Å². The summed E-state index contributed by atoms with van der Waals surface area (Å²) in [5, 5.41) is 30.6. The van der Waals surface area contributed by atoms with Crippen LogP contribution in [0.2, 0.25) is 0 Å². The first kappa shape index (κ1) is 25.6. The van der Waals surface area contributed by atoms with E-state index in [1.54, 1.807) is 0 Å². The van der Waals surface area contributed by atoms with E-state index < -0.39 is 6.10 Å². The molecule has 1 saturated heterocycles. The zero-order chi connectivity index (χ0) is 25.5. The third kappa shape index (κ3) is 6.37. The molecular formula is C27H31FN2O6. The summed E-state index contributed by atoms with van der Waals surface area (Å²) in [7, 11) is 0. The standard InChI is InChI=1S/C19H20FNO3.C8H11NO3/c20-15-3-1-13(2-4-15)17-7-8-21-10-14(17)11-22-16-5-6-18-19(9-16)24-12-23-18;9-4-8(12)5-1-2-6(10)7(11)3-5/h1-6,9,14,17,21H,7-8,10-12H2;1-3,8,10-12H,4,9H2/t14-,17-;8-/m00/s1. The van der Waals surface area contributed by atoms with Gasteiger partial charge in [-0.25, -0.2) is 4.39 Å². The van der Waals surface area contributed by atoms with Crippen molar-refractivity contribution < 1.29 is 33.9 Å². The second-order valence-electron chi connectivity index (χ2n) is 8.74. The first-order chi connectivity index (χ1) is 17.4. The number of rotatable bonds is 6. The number of nitrogens with one attached hydrogen (secondary N) is 1. The van der Waals surface area contributed by atoms with Gasteiger partial charge in [-0.05, 0) is 66.4 Å². The molecule has 9 heteroatoms. The van der Waals surface area contributed by atoms with Crippen molar-refractivity contribution in [2.24, 2.45) is 11.7 Å². The number of aromatic hydroxyl groups is 2. The maximum absolute atomic E-state index is 13.2. The number of benzene rings is 3. The Morgan fingerprint density at radius 2 is 1.78 bits per heavy atom. The highest BCUT2D eigenvalue weighted by atomic mass is 19.1. The number of fused-ring (bicyclic) bond motifs is 1. The maximum Gasteiger partial charge on any atom is 0.231 e. The van der Waals surface area contributed by atoms with Gasteiger partial charge in [0.05, 0.1) is 12.7 Å². The Kier molecular flexibility index (Phi) is 8.48. The van der Waals surface area contributed by atoms with Crippen LogP contribution in [-0.4, -0.2) is 48.4 Å². The molecule has 0 saturated carbocycles. The molecule has 2 aliphatic heterocycles. The van der Waals surface area contributed by atoms with E-state index >= 15 is 0 Å². The van der Waals surface area contributed by atoms with Gasteiger partial charge in [0.25, 0.3) is 0 Å². The van der Waals surface area contributed by atoms with Crippen molar-refractivity contribution in [1.29, 1.82) is 0 Å². The normalized spacial score (nSPS) is 19.2. The average molecular weight is 499 g/mol. The summed E-state index contributed by atoms with van der Waals surface area (Å²) in [6, 6.07) is 16.6. The number of aliphatic hydroxyl groups is 1. The number of phenols is 2. The van der Waals surface area contributed by atoms with Crippen LogP contribution in [0.5, 0.6) is 28.7 Å². The second-order valence-corrected chi connectivity index (χ2v) is 8.74. The second kappa shape index (κ2) is 11.9. The van der Waals surface area contributed by atoms with Crippen molar-refractivity contribution in [3.05, 3.63) is 77.6 Å². The van der Waals surface area contributed by atoms with Gasteiger partial charge in [0.1, 0.15) is 11.6 Å². The molecule has 3 aromatic rings. The summed E-state index contributed by atoms with van der Waals surface area (Å²) in [6.07, 6.45) is 0.234. The number of piperidine rings is 1. The smallest absolute Gasteiger partial charge is 0.231 e. The van der Waals surface area contributed by atoms with E-state index in [0.29, 0.717) is 24.0 Å². The molecule has 0 spiro atoms. The molecule has 1 fully saturated rings. The minimum atomic E-state index is -0.795. The van der Waals surface area contributed by atoms with Crippen LogP contribution in [0, 0.1) is 11.7 Å². The maximum atomic E-state index is 13.2. The van der Waals surface area contributed by atoms with Crippen LogP contribution in [-0.2, 0) is 0 Å². The number of hydrogen-bond acceptors (Lipinski definition) is 8. The van der Waals surface area contributed by atoms with Crippen LogP contribution in [0.3, 0.4) is 0 Å². The van der Waals surface area contributed by atoms with Gasteiger partial charge in [0.15, 0.2) is 23.0 Å². The Bertz CT molecular complexity index is 1140. The quantitative estimate of drug-likeness (QED) is 0.327. The Morgan fingerprint density at radius 3 is 2.53 bits per heavy atom. The van der Waals surface area contributed by atoms with Crippen molar-refractivity contribution in [2.45, 2.75) is 18.4 Å². The number of nitrogens with two attached hydrogens (primary N) is 1. The molecule has 0 unspecified atom stereocenters. The van der Waals surface area contributed by atoms with Crippen LogP contribution in [0.25, 0.3) is 0 Å². The van der Waals surface area contributed by atoms with Gasteiger partial charge < -0.3 is 40.6 Å². The van der Waals surface area contributed by atoms with Gasteiger partial charge in [-0.1, -0.05) is 18.2 Å². The fourth-order valence-corrected chi connectivity index (χ4v) is 4.30. The lowest BCUT2D eigenvalue weighted by atomic mass is 9.81. The third-order valence-corrected chi connectivity index (χ3v) is 6.32. The Labute approximate surface area is 209 Å². The summed E-state index contributed by atoms with van der Waals surface area (Å²) in [6.45, 7) is 2.83. The molecule has 0 aromatic heterocycles. The van der Waals surface area contributed by atoms with E-state index in [1.807, 2.05) is 30.3 Å². The lowest BCUT2D eigenvalue weighted by molar-refractivity contribution is 0.173. The molecule has 2 aliphatic rings. The molecule has 3 atom stereocenters. The fourth-order valence-electron chi connectivity index (χ4n) is 4.30. The summed E-state index contributed by atoms with van der Waals surface area (Å²) in [5.74, 6) is 2.33. The molecule has 8 nitrogen and oxygen atoms in total. The molecule has 0 aliphatic carbocycles. The summed E-state index contributed by atoms with van der Waals surface area (Å²) in [4.78, 5) is 0. The van der Waals surface area contributed by atoms with Crippen LogP contribution in [0.1, 0.15) is 29.6 Å². The highest BCUT2D eigenvalue weighted by Crippen LogP contribution is 2.36. The first-order valence-corrected chi connectivity index (χ1v) is 11.8. The highest BCUT2D eigenvalue weighted by Gasteiger charge is 2.27. The van der Waals surface area contributed by atoms with Crippen molar-refractivity contribution in [3.63, 3.8) is 0 Å². The molecule has 0 amide bonds. The highest BCUT2D eigenvalue weighted by molar-refractivity contribution is 5.47. The van der Waals surface area contributed by atoms with E-state index in [4.69, 9.17) is 30.2 Å². The predicted molar refractivity (Wildman–Crippen MR) is 132 cm³/mol. The van der Waals surface area contributed by atoms with E-state index in [2.05, 4.69) is 5.32 Å². The molecule has 2 heterocycles. The lowest BCUT2D eigenvalue weighted by Gasteiger charge is -2.32. The van der Waals surface area contributed by atoms with Crippen molar-refractivity contribution in [2.75, 3.05) is 33.0 Å². The average Bonchev–Trinajstić information content (AvgIpc) is 3.38. The fraction of sp³-hybridized carbons (Fsp3) is 0.333. The molecule has 6 N–H and O–H groups in total. The van der Waals surface area contributed by atoms with E-state index in [9.17, 15) is 9.50 Å². The van der Waals surface area contributed by atoms with E-state index in [0.717, 1.165) is 36.8 Å². The third-order valence-electron chi connectivity index (χ3n) is 6.32. The van der Waals surface area contributed by atoms with Gasteiger partial charge in [-0.3, -0.25) is 0 Å². The SMILES string of the molecule is Fc1ccc([C@@H]2CCNC[C@H]2COc2ccc3c(c2)OCO3)cc1.NC[C@H](O)c1ccc(O)c(O)c1. The minimum Gasteiger partial charge on any atom is -0.504 e. The van der Waals surface area contributed by atoms with Gasteiger partial charge in [0.2, 0.25) is 6.79 Å². The van der Waals surface area contributed by atoms with Crippen LogP contribution < -0.4 is 25.3 Å².